The van der Waals surface area contributed by atoms with E-state index in [9.17, 15) is 9.59 Å². The van der Waals surface area contributed by atoms with Gasteiger partial charge in [-0.3, -0.25) is 14.6 Å². The molecule has 0 fully saturated rings. The highest BCUT2D eigenvalue weighted by molar-refractivity contribution is 6.08. The van der Waals surface area contributed by atoms with E-state index in [2.05, 4.69) is 15.6 Å². The Hall–Kier alpha value is -3.98. The van der Waals surface area contributed by atoms with E-state index in [4.69, 9.17) is 5.26 Å². The first-order valence-electron chi connectivity index (χ1n) is 8.20. The van der Waals surface area contributed by atoms with E-state index in [1.54, 1.807) is 36.4 Å². The van der Waals surface area contributed by atoms with E-state index in [-0.39, 0.29) is 17.0 Å². The standard InChI is InChI=1S/C21H16N4O2/c1-14-5-7-18(8-6-14)24-20(26)16-10-17(13-23-12-16)21(27)25-19-4-2-3-15(9-19)11-22/h2-10,12-13H,1H3,(H,24,26)(H,25,27). The molecule has 0 saturated heterocycles. The molecule has 0 aliphatic carbocycles. The molecule has 132 valence electrons. The van der Waals surface area contributed by atoms with Crippen LogP contribution < -0.4 is 10.6 Å². The smallest absolute Gasteiger partial charge is 0.257 e. The molecule has 3 rings (SSSR count). The Bertz CT molecular complexity index is 1040. The van der Waals surface area contributed by atoms with Crippen LogP contribution in [-0.2, 0) is 0 Å². The van der Waals surface area contributed by atoms with E-state index in [1.807, 2.05) is 25.1 Å². The molecular formula is C21H16N4O2. The number of hydrogen-bond donors (Lipinski definition) is 2. The molecule has 0 radical (unpaired) electrons. The maximum atomic E-state index is 12.4. The summed E-state index contributed by atoms with van der Waals surface area (Å²) in [4.78, 5) is 28.8. The highest BCUT2D eigenvalue weighted by Gasteiger charge is 2.12. The second-order valence-electron chi connectivity index (χ2n) is 5.93. The average Bonchev–Trinajstić information content (AvgIpc) is 2.70. The Morgan fingerprint density at radius 1 is 0.889 bits per heavy atom. The van der Waals surface area contributed by atoms with Crippen molar-refractivity contribution in [1.82, 2.24) is 4.98 Å². The van der Waals surface area contributed by atoms with Gasteiger partial charge >= 0.3 is 0 Å². The summed E-state index contributed by atoms with van der Waals surface area (Å²) in [6.07, 6.45) is 2.78. The van der Waals surface area contributed by atoms with Crippen molar-refractivity contribution in [3.8, 4) is 6.07 Å². The molecule has 2 aromatic carbocycles. The SMILES string of the molecule is Cc1ccc(NC(=O)c2cncc(C(=O)Nc3cccc(C#N)c3)c2)cc1. The summed E-state index contributed by atoms with van der Waals surface area (Å²) in [5, 5.41) is 14.4. The molecule has 0 aliphatic rings. The van der Waals surface area contributed by atoms with Gasteiger partial charge in [-0.25, -0.2) is 0 Å². The Kier molecular flexibility index (Phi) is 5.24. The largest absolute Gasteiger partial charge is 0.322 e. The summed E-state index contributed by atoms with van der Waals surface area (Å²) in [6, 6.07) is 17.5. The van der Waals surface area contributed by atoms with Crippen LogP contribution in [0.15, 0.2) is 67.0 Å². The van der Waals surface area contributed by atoms with E-state index in [0.29, 0.717) is 16.9 Å². The van der Waals surface area contributed by atoms with Crippen LogP contribution >= 0.6 is 0 Å². The van der Waals surface area contributed by atoms with Gasteiger partial charge in [-0.15, -0.1) is 0 Å². The highest BCUT2D eigenvalue weighted by Crippen LogP contribution is 2.14. The molecule has 1 heterocycles. The Labute approximate surface area is 156 Å². The molecular weight excluding hydrogens is 340 g/mol. The number of nitrogens with zero attached hydrogens (tertiary/aromatic N) is 2. The van der Waals surface area contributed by atoms with Gasteiger partial charge in [-0.05, 0) is 43.3 Å². The number of rotatable bonds is 4. The summed E-state index contributed by atoms with van der Waals surface area (Å²) in [5.41, 5.74) is 3.20. The first kappa shape index (κ1) is 17.8. The number of amides is 2. The molecule has 0 unspecified atom stereocenters. The van der Waals surface area contributed by atoms with Gasteiger partial charge in [0.15, 0.2) is 0 Å². The summed E-state index contributed by atoms with van der Waals surface area (Å²) >= 11 is 0. The number of aromatic nitrogens is 1. The predicted molar refractivity (Wildman–Crippen MR) is 102 cm³/mol. The van der Waals surface area contributed by atoms with Crippen LogP contribution in [0, 0.1) is 18.3 Å². The maximum absolute atomic E-state index is 12.4. The third kappa shape index (κ3) is 4.55. The molecule has 2 N–H and O–H groups in total. The summed E-state index contributed by atoms with van der Waals surface area (Å²) in [7, 11) is 0. The number of benzene rings is 2. The topological polar surface area (TPSA) is 94.9 Å². The van der Waals surface area contributed by atoms with Gasteiger partial charge in [-0.2, -0.15) is 5.26 Å². The lowest BCUT2D eigenvalue weighted by atomic mass is 10.1. The van der Waals surface area contributed by atoms with Gasteiger partial charge in [0.25, 0.3) is 11.8 Å². The first-order chi connectivity index (χ1) is 13.0. The van der Waals surface area contributed by atoms with Gasteiger partial charge in [0.2, 0.25) is 0 Å². The zero-order valence-electron chi connectivity index (χ0n) is 14.6. The van der Waals surface area contributed by atoms with Gasteiger partial charge in [0.1, 0.15) is 0 Å². The first-order valence-corrected chi connectivity index (χ1v) is 8.20. The molecule has 0 saturated carbocycles. The normalized spacial score (nSPS) is 9.93. The van der Waals surface area contributed by atoms with Crippen LogP contribution in [0.5, 0.6) is 0 Å². The van der Waals surface area contributed by atoms with Crippen molar-refractivity contribution in [1.29, 1.82) is 5.26 Å². The zero-order chi connectivity index (χ0) is 19.2. The Morgan fingerprint density at radius 3 is 2.15 bits per heavy atom. The lowest BCUT2D eigenvalue weighted by Crippen LogP contribution is -2.16. The number of carbonyl (C=O) groups is 2. The van der Waals surface area contributed by atoms with Gasteiger partial charge in [0.05, 0.1) is 22.8 Å². The number of nitriles is 1. The fraction of sp³-hybridized carbons (Fsp3) is 0.0476. The minimum atomic E-state index is -0.414. The molecule has 2 amide bonds. The molecule has 6 heteroatoms. The second-order valence-corrected chi connectivity index (χ2v) is 5.93. The van der Waals surface area contributed by atoms with Crippen LogP contribution in [0.25, 0.3) is 0 Å². The molecule has 1 aromatic heterocycles. The lowest BCUT2D eigenvalue weighted by molar-refractivity contribution is 0.102. The zero-order valence-corrected chi connectivity index (χ0v) is 14.6. The fourth-order valence-corrected chi connectivity index (χ4v) is 2.40. The van der Waals surface area contributed by atoms with E-state index >= 15 is 0 Å². The molecule has 0 aliphatic heterocycles. The lowest BCUT2D eigenvalue weighted by Gasteiger charge is -2.08. The van der Waals surface area contributed by atoms with Gasteiger partial charge in [-0.1, -0.05) is 23.8 Å². The number of nitrogens with one attached hydrogen (secondary N) is 2. The van der Waals surface area contributed by atoms with Crippen molar-refractivity contribution in [2.45, 2.75) is 6.92 Å². The number of hydrogen-bond acceptors (Lipinski definition) is 4. The van der Waals surface area contributed by atoms with Crippen molar-refractivity contribution in [2.24, 2.45) is 0 Å². The minimum Gasteiger partial charge on any atom is -0.322 e. The van der Waals surface area contributed by atoms with Crippen LogP contribution in [0.1, 0.15) is 31.8 Å². The van der Waals surface area contributed by atoms with Crippen LogP contribution in [0.3, 0.4) is 0 Å². The molecule has 0 bridgehead atoms. The highest BCUT2D eigenvalue weighted by atomic mass is 16.2. The molecule has 3 aromatic rings. The second kappa shape index (κ2) is 7.93. The monoisotopic (exact) mass is 356 g/mol. The van der Waals surface area contributed by atoms with Crippen LogP contribution in [-0.4, -0.2) is 16.8 Å². The summed E-state index contributed by atoms with van der Waals surface area (Å²) in [6.45, 7) is 1.96. The van der Waals surface area contributed by atoms with E-state index in [1.165, 1.54) is 18.5 Å². The third-order valence-corrected chi connectivity index (χ3v) is 3.82. The van der Waals surface area contributed by atoms with Gasteiger partial charge < -0.3 is 10.6 Å². The van der Waals surface area contributed by atoms with Crippen molar-refractivity contribution >= 4 is 23.2 Å². The Balaban J connectivity index is 1.74. The molecule has 0 atom stereocenters. The van der Waals surface area contributed by atoms with Crippen LogP contribution in [0.4, 0.5) is 11.4 Å². The van der Waals surface area contributed by atoms with Crippen LogP contribution in [0.2, 0.25) is 0 Å². The van der Waals surface area contributed by atoms with Crippen molar-refractivity contribution in [3.05, 3.63) is 89.2 Å². The molecule has 6 nitrogen and oxygen atoms in total. The number of carbonyl (C=O) groups excluding carboxylic acids is 2. The fourth-order valence-electron chi connectivity index (χ4n) is 2.40. The summed E-state index contributed by atoms with van der Waals surface area (Å²) < 4.78 is 0. The third-order valence-electron chi connectivity index (χ3n) is 3.82. The average molecular weight is 356 g/mol. The maximum Gasteiger partial charge on any atom is 0.257 e. The quantitative estimate of drug-likeness (QED) is 0.744. The molecule has 0 spiro atoms. The van der Waals surface area contributed by atoms with Crippen molar-refractivity contribution in [2.75, 3.05) is 10.6 Å². The van der Waals surface area contributed by atoms with Gasteiger partial charge in [0, 0.05) is 23.8 Å². The minimum absolute atomic E-state index is 0.244. The van der Waals surface area contributed by atoms with Crippen molar-refractivity contribution < 1.29 is 9.59 Å². The van der Waals surface area contributed by atoms with E-state index < -0.39 is 5.91 Å². The number of anilines is 2. The number of pyridine rings is 1. The Morgan fingerprint density at radius 2 is 1.52 bits per heavy atom. The van der Waals surface area contributed by atoms with Crippen molar-refractivity contribution in [3.63, 3.8) is 0 Å². The van der Waals surface area contributed by atoms with E-state index in [0.717, 1.165) is 5.56 Å². The molecule has 27 heavy (non-hydrogen) atoms. The predicted octanol–water partition coefficient (Wildman–Crippen LogP) is 3.77. The summed E-state index contributed by atoms with van der Waals surface area (Å²) in [5.74, 6) is -0.768. The number of aryl methyl sites for hydroxylation is 1.